The summed E-state index contributed by atoms with van der Waals surface area (Å²) in [5.74, 6) is 0. The van der Waals surface area contributed by atoms with E-state index in [9.17, 15) is 0 Å². The molecule has 1 saturated heterocycles. The van der Waals surface area contributed by atoms with E-state index >= 15 is 0 Å². The van der Waals surface area contributed by atoms with Gasteiger partial charge in [0.2, 0.25) is 0 Å². The largest absolute Gasteiger partial charge is 0.380 e. The predicted molar refractivity (Wildman–Crippen MR) is 49.9 cm³/mol. The Bertz CT molecular complexity index is 126. The smallest absolute Gasteiger partial charge is 0.0933 e. The van der Waals surface area contributed by atoms with Crippen LogP contribution in [0.4, 0.5) is 0 Å². The SMILES string of the molecule is COC(C)CNCC1COCCO1. The molecule has 2 unspecified atom stereocenters. The van der Waals surface area contributed by atoms with E-state index < -0.39 is 0 Å². The lowest BCUT2D eigenvalue weighted by molar-refractivity contribution is -0.0868. The third-order valence-corrected chi connectivity index (χ3v) is 2.09. The molecule has 0 radical (unpaired) electrons. The van der Waals surface area contributed by atoms with E-state index in [-0.39, 0.29) is 12.2 Å². The third kappa shape index (κ3) is 4.57. The maximum atomic E-state index is 5.47. The molecule has 4 heteroatoms. The first-order valence-electron chi connectivity index (χ1n) is 4.75. The summed E-state index contributed by atoms with van der Waals surface area (Å²) < 4.78 is 15.8. The molecule has 0 aromatic rings. The summed E-state index contributed by atoms with van der Waals surface area (Å²) >= 11 is 0. The Morgan fingerprint density at radius 3 is 3.00 bits per heavy atom. The standard InChI is InChI=1S/C9H19NO3/c1-8(11-2)5-10-6-9-7-12-3-4-13-9/h8-10H,3-7H2,1-2H3. The van der Waals surface area contributed by atoms with Gasteiger partial charge in [0.1, 0.15) is 0 Å². The quantitative estimate of drug-likeness (QED) is 0.662. The molecule has 78 valence electrons. The highest BCUT2D eigenvalue weighted by molar-refractivity contribution is 4.65. The van der Waals surface area contributed by atoms with Gasteiger partial charge in [-0.15, -0.1) is 0 Å². The Morgan fingerprint density at radius 1 is 1.54 bits per heavy atom. The van der Waals surface area contributed by atoms with Crippen LogP contribution in [0.5, 0.6) is 0 Å². The fourth-order valence-electron chi connectivity index (χ4n) is 1.19. The van der Waals surface area contributed by atoms with E-state index in [1.54, 1.807) is 7.11 Å². The number of nitrogens with one attached hydrogen (secondary N) is 1. The molecular formula is C9H19NO3. The van der Waals surface area contributed by atoms with Crippen molar-refractivity contribution in [2.75, 3.05) is 40.0 Å². The van der Waals surface area contributed by atoms with Gasteiger partial charge in [-0.3, -0.25) is 0 Å². The van der Waals surface area contributed by atoms with Crippen molar-refractivity contribution in [2.45, 2.75) is 19.1 Å². The zero-order valence-electron chi connectivity index (χ0n) is 8.41. The predicted octanol–water partition coefficient (Wildman–Crippen LogP) is 0.0263. The maximum Gasteiger partial charge on any atom is 0.0933 e. The first-order valence-corrected chi connectivity index (χ1v) is 4.75. The van der Waals surface area contributed by atoms with Gasteiger partial charge < -0.3 is 19.5 Å². The molecule has 0 aromatic heterocycles. The summed E-state index contributed by atoms with van der Waals surface area (Å²) in [7, 11) is 1.71. The molecule has 0 bridgehead atoms. The topological polar surface area (TPSA) is 39.7 Å². The number of hydrogen-bond donors (Lipinski definition) is 1. The molecule has 1 aliphatic heterocycles. The van der Waals surface area contributed by atoms with E-state index in [2.05, 4.69) is 5.32 Å². The second-order valence-electron chi connectivity index (χ2n) is 3.27. The van der Waals surface area contributed by atoms with Gasteiger partial charge in [-0.05, 0) is 6.92 Å². The lowest BCUT2D eigenvalue weighted by atomic mass is 10.3. The van der Waals surface area contributed by atoms with Crippen molar-refractivity contribution in [2.24, 2.45) is 0 Å². The van der Waals surface area contributed by atoms with Gasteiger partial charge in [-0.2, -0.15) is 0 Å². The second kappa shape index (κ2) is 6.32. The Morgan fingerprint density at radius 2 is 2.38 bits per heavy atom. The summed E-state index contributed by atoms with van der Waals surface area (Å²) in [6.45, 7) is 5.88. The second-order valence-corrected chi connectivity index (χ2v) is 3.27. The lowest BCUT2D eigenvalue weighted by Crippen LogP contribution is -2.39. The van der Waals surface area contributed by atoms with Crippen LogP contribution in [0.2, 0.25) is 0 Å². The fraction of sp³-hybridized carbons (Fsp3) is 1.00. The molecule has 1 heterocycles. The van der Waals surface area contributed by atoms with E-state index in [0.717, 1.165) is 19.7 Å². The fourth-order valence-corrected chi connectivity index (χ4v) is 1.19. The Hall–Kier alpha value is -0.160. The average Bonchev–Trinajstić information content (AvgIpc) is 2.19. The Labute approximate surface area is 79.5 Å². The summed E-state index contributed by atoms with van der Waals surface area (Å²) in [5.41, 5.74) is 0. The zero-order valence-corrected chi connectivity index (χ0v) is 8.41. The Kier molecular flexibility index (Phi) is 5.31. The molecule has 0 aliphatic carbocycles. The van der Waals surface area contributed by atoms with Gasteiger partial charge in [0.05, 0.1) is 32.0 Å². The van der Waals surface area contributed by atoms with Crippen LogP contribution in [-0.2, 0) is 14.2 Å². The number of ether oxygens (including phenoxy) is 3. The van der Waals surface area contributed by atoms with Crippen LogP contribution in [0.25, 0.3) is 0 Å². The molecule has 1 aliphatic rings. The van der Waals surface area contributed by atoms with Crippen LogP contribution < -0.4 is 5.32 Å². The number of methoxy groups -OCH3 is 1. The van der Waals surface area contributed by atoms with E-state index in [0.29, 0.717) is 13.2 Å². The molecule has 1 N–H and O–H groups in total. The van der Waals surface area contributed by atoms with Crippen molar-refractivity contribution >= 4 is 0 Å². The van der Waals surface area contributed by atoms with Crippen molar-refractivity contribution < 1.29 is 14.2 Å². The molecule has 1 rings (SSSR count). The average molecular weight is 189 g/mol. The van der Waals surface area contributed by atoms with Gasteiger partial charge in [0, 0.05) is 20.2 Å². The van der Waals surface area contributed by atoms with Gasteiger partial charge >= 0.3 is 0 Å². The van der Waals surface area contributed by atoms with Crippen molar-refractivity contribution in [1.82, 2.24) is 5.32 Å². The molecule has 0 saturated carbocycles. The molecule has 0 spiro atoms. The lowest BCUT2D eigenvalue weighted by Gasteiger charge is -2.23. The first kappa shape index (κ1) is 10.9. The van der Waals surface area contributed by atoms with Crippen molar-refractivity contribution in [3.05, 3.63) is 0 Å². The minimum Gasteiger partial charge on any atom is -0.380 e. The van der Waals surface area contributed by atoms with Crippen LogP contribution in [0.1, 0.15) is 6.92 Å². The maximum absolute atomic E-state index is 5.47. The Balaban J connectivity index is 1.98. The van der Waals surface area contributed by atoms with Gasteiger partial charge in [0.15, 0.2) is 0 Å². The minimum absolute atomic E-state index is 0.206. The van der Waals surface area contributed by atoms with Gasteiger partial charge in [-0.25, -0.2) is 0 Å². The van der Waals surface area contributed by atoms with Crippen molar-refractivity contribution in [3.63, 3.8) is 0 Å². The summed E-state index contributed by atoms with van der Waals surface area (Å²) in [5, 5.41) is 3.28. The molecule has 4 nitrogen and oxygen atoms in total. The zero-order chi connectivity index (χ0) is 9.52. The highest BCUT2D eigenvalue weighted by atomic mass is 16.6. The molecule has 2 atom stereocenters. The molecule has 0 amide bonds. The third-order valence-electron chi connectivity index (χ3n) is 2.09. The molecule has 0 aromatic carbocycles. The highest BCUT2D eigenvalue weighted by Gasteiger charge is 2.13. The monoisotopic (exact) mass is 189 g/mol. The van der Waals surface area contributed by atoms with Crippen LogP contribution >= 0.6 is 0 Å². The summed E-state index contributed by atoms with van der Waals surface area (Å²) in [6, 6.07) is 0. The normalized spacial score (nSPS) is 25.8. The van der Waals surface area contributed by atoms with Crippen molar-refractivity contribution in [1.29, 1.82) is 0 Å². The summed E-state index contributed by atoms with van der Waals surface area (Å²) in [4.78, 5) is 0. The van der Waals surface area contributed by atoms with Gasteiger partial charge in [0.25, 0.3) is 0 Å². The minimum atomic E-state index is 0.206. The van der Waals surface area contributed by atoms with E-state index in [1.165, 1.54) is 0 Å². The van der Waals surface area contributed by atoms with Crippen LogP contribution in [-0.4, -0.2) is 52.2 Å². The first-order chi connectivity index (χ1) is 6.33. The van der Waals surface area contributed by atoms with Crippen LogP contribution in [0.15, 0.2) is 0 Å². The van der Waals surface area contributed by atoms with Crippen LogP contribution in [0, 0.1) is 0 Å². The van der Waals surface area contributed by atoms with E-state index in [4.69, 9.17) is 14.2 Å². The molecule has 1 fully saturated rings. The number of hydrogen-bond acceptors (Lipinski definition) is 4. The van der Waals surface area contributed by atoms with Gasteiger partial charge in [-0.1, -0.05) is 0 Å². The van der Waals surface area contributed by atoms with E-state index in [1.807, 2.05) is 6.92 Å². The number of rotatable bonds is 5. The molecular weight excluding hydrogens is 170 g/mol. The molecule has 13 heavy (non-hydrogen) atoms. The summed E-state index contributed by atoms with van der Waals surface area (Å²) in [6.07, 6.45) is 0.460. The van der Waals surface area contributed by atoms with Crippen molar-refractivity contribution in [3.8, 4) is 0 Å². The van der Waals surface area contributed by atoms with Crippen LogP contribution in [0.3, 0.4) is 0 Å². The highest BCUT2D eigenvalue weighted by Crippen LogP contribution is 1.98.